The van der Waals surface area contributed by atoms with Gasteiger partial charge in [0.1, 0.15) is 5.82 Å². The minimum Gasteiger partial charge on any atom is -0.396 e. The highest BCUT2D eigenvalue weighted by Gasteiger charge is 2.13. The molecule has 2 nitrogen and oxygen atoms in total. The van der Waals surface area contributed by atoms with Gasteiger partial charge in [0.05, 0.1) is 11.3 Å². The minimum atomic E-state index is -0.992. The fourth-order valence-corrected chi connectivity index (χ4v) is 0.928. The third kappa shape index (κ3) is 1.15. The summed E-state index contributed by atoms with van der Waals surface area (Å²) >= 11 is 0. The summed E-state index contributed by atoms with van der Waals surface area (Å²) in [5.41, 5.74) is 4.51. The van der Waals surface area contributed by atoms with Crippen LogP contribution >= 0.6 is 0 Å². The van der Waals surface area contributed by atoms with Gasteiger partial charge in [0.15, 0.2) is 12.1 Å². The summed E-state index contributed by atoms with van der Waals surface area (Å²) in [5.74, 6) is -1.84. The van der Waals surface area contributed by atoms with E-state index in [0.717, 1.165) is 6.07 Å². The van der Waals surface area contributed by atoms with E-state index in [1.165, 1.54) is 6.92 Å². The van der Waals surface area contributed by atoms with Gasteiger partial charge < -0.3 is 5.73 Å². The summed E-state index contributed by atoms with van der Waals surface area (Å²) in [6.07, 6.45) is 0.119. The lowest BCUT2D eigenvalue weighted by molar-refractivity contribution is 0.111. The van der Waals surface area contributed by atoms with Crippen LogP contribution in [0.15, 0.2) is 6.07 Å². The van der Waals surface area contributed by atoms with Crippen LogP contribution in [0.2, 0.25) is 0 Å². The predicted molar refractivity (Wildman–Crippen MR) is 40.9 cm³/mol. The molecule has 64 valence electrons. The molecule has 0 spiro atoms. The third-order valence-corrected chi connectivity index (χ3v) is 1.56. The van der Waals surface area contributed by atoms with Crippen molar-refractivity contribution in [1.29, 1.82) is 0 Å². The second kappa shape index (κ2) is 2.89. The molecule has 0 aliphatic rings. The van der Waals surface area contributed by atoms with E-state index < -0.39 is 17.2 Å². The Bertz CT molecular complexity index is 310. The van der Waals surface area contributed by atoms with Gasteiger partial charge in [-0.2, -0.15) is 0 Å². The van der Waals surface area contributed by atoms with Crippen LogP contribution in [0.1, 0.15) is 15.9 Å². The zero-order valence-corrected chi connectivity index (χ0v) is 6.40. The van der Waals surface area contributed by atoms with Gasteiger partial charge in [0, 0.05) is 0 Å². The average Bonchev–Trinajstić information content (AvgIpc) is 2.02. The van der Waals surface area contributed by atoms with Gasteiger partial charge in [-0.3, -0.25) is 4.79 Å². The summed E-state index contributed by atoms with van der Waals surface area (Å²) in [5, 5.41) is 0. The maximum absolute atomic E-state index is 12.9. The van der Waals surface area contributed by atoms with Gasteiger partial charge in [0.2, 0.25) is 0 Å². The number of benzene rings is 1. The van der Waals surface area contributed by atoms with E-state index in [1.807, 2.05) is 0 Å². The number of anilines is 1. The molecule has 0 aliphatic heterocycles. The number of hydrogen-bond acceptors (Lipinski definition) is 2. The van der Waals surface area contributed by atoms with E-state index in [0.29, 0.717) is 0 Å². The van der Waals surface area contributed by atoms with Crippen molar-refractivity contribution < 1.29 is 13.6 Å². The molecule has 1 rings (SSSR count). The van der Waals surface area contributed by atoms with Crippen LogP contribution < -0.4 is 5.73 Å². The number of carbonyl (C=O) groups is 1. The average molecular weight is 171 g/mol. The van der Waals surface area contributed by atoms with Crippen LogP contribution in [0, 0.1) is 18.6 Å². The number of carbonyl (C=O) groups excluding carboxylic acids is 1. The van der Waals surface area contributed by atoms with Gasteiger partial charge in [-0.1, -0.05) is 0 Å². The van der Waals surface area contributed by atoms with Crippen molar-refractivity contribution >= 4 is 12.0 Å². The normalized spacial score (nSPS) is 9.92. The first-order chi connectivity index (χ1) is 5.57. The first-order valence-electron chi connectivity index (χ1n) is 3.27. The molecule has 1 aromatic carbocycles. The summed E-state index contributed by atoms with van der Waals surface area (Å²) in [7, 11) is 0. The Morgan fingerprint density at radius 2 is 2.00 bits per heavy atom. The van der Waals surface area contributed by atoms with Crippen LogP contribution in [0.5, 0.6) is 0 Å². The predicted octanol–water partition coefficient (Wildman–Crippen LogP) is 1.67. The van der Waals surface area contributed by atoms with Crippen molar-refractivity contribution in [3.63, 3.8) is 0 Å². The van der Waals surface area contributed by atoms with Crippen molar-refractivity contribution in [3.8, 4) is 0 Å². The SMILES string of the molecule is Cc1cc(N)c(F)c(C=O)c1F. The van der Waals surface area contributed by atoms with Crippen LogP contribution in [0.3, 0.4) is 0 Å². The van der Waals surface area contributed by atoms with Gasteiger partial charge >= 0.3 is 0 Å². The number of nitrogens with two attached hydrogens (primary N) is 1. The molecule has 0 unspecified atom stereocenters. The molecule has 0 heterocycles. The lowest BCUT2D eigenvalue weighted by Crippen LogP contribution is -2.01. The second-order valence-electron chi connectivity index (χ2n) is 2.44. The highest BCUT2D eigenvalue weighted by Crippen LogP contribution is 2.20. The number of hydrogen-bond donors (Lipinski definition) is 1. The monoisotopic (exact) mass is 171 g/mol. The highest BCUT2D eigenvalue weighted by atomic mass is 19.1. The van der Waals surface area contributed by atoms with E-state index in [1.54, 1.807) is 0 Å². The second-order valence-corrected chi connectivity index (χ2v) is 2.44. The Labute approximate surface area is 68.0 Å². The molecule has 0 amide bonds. The molecule has 2 N–H and O–H groups in total. The Balaban J connectivity index is 3.52. The van der Waals surface area contributed by atoms with E-state index >= 15 is 0 Å². The van der Waals surface area contributed by atoms with E-state index in [-0.39, 0.29) is 17.5 Å². The molecule has 1 aromatic rings. The zero-order chi connectivity index (χ0) is 9.30. The van der Waals surface area contributed by atoms with Crippen LogP contribution in [0.4, 0.5) is 14.5 Å². The first kappa shape index (κ1) is 8.64. The molecule has 0 saturated carbocycles. The Kier molecular flexibility index (Phi) is 2.08. The zero-order valence-electron chi connectivity index (χ0n) is 6.40. The molecule has 0 radical (unpaired) electrons. The van der Waals surface area contributed by atoms with Crippen LogP contribution in [-0.2, 0) is 0 Å². The lowest BCUT2D eigenvalue weighted by atomic mass is 10.1. The Morgan fingerprint density at radius 3 is 2.50 bits per heavy atom. The molecule has 0 bridgehead atoms. The molecule has 0 aromatic heterocycles. The molecule has 0 fully saturated rings. The van der Waals surface area contributed by atoms with Crippen molar-refractivity contribution in [2.75, 3.05) is 5.73 Å². The quantitative estimate of drug-likeness (QED) is 0.515. The first-order valence-corrected chi connectivity index (χ1v) is 3.27. The van der Waals surface area contributed by atoms with Crippen molar-refractivity contribution in [2.45, 2.75) is 6.92 Å². The van der Waals surface area contributed by atoms with Crippen LogP contribution in [-0.4, -0.2) is 6.29 Å². The molecule has 0 aliphatic carbocycles. The number of halogens is 2. The summed E-state index contributed by atoms with van der Waals surface area (Å²) < 4.78 is 25.8. The minimum absolute atomic E-state index is 0.119. The third-order valence-electron chi connectivity index (χ3n) is 1.56. The standard InChI is InChI=1S/C8H7F2NO/c1-4-2-6(11)8(10)5(3-12)7(4)9/h2-3H,11H2,1H3. The fourth-order valence-electron chi connectivity index (χ4n) is 0.928. The van der Waals surface area contributed by atoms with Gasteiger partial charge in [-0.25, -0.2) is 8.78 Å². The molecule has 0 atom stereocenters. The summed E-state index contributed by atoms with van der Waals surface area (Å²) in [4.78, 5) is 10.2. The molecule has 12 heavy (non-hydrogen) atoms. The number of nitrogen functional groups attached to an aromatic ring is 1. The Hall–Kier alpha value is -1.45. The summed E-state index contributed by atoms with van der Waals surface area (Å²) in [6, 6.07) is 1.15. The molecular formula is C8H7F2NO. The Morgan fingerprint density at radius 1 is 1.42 bits per heavy atom. The smallest absolute Gasteiger partial charge is 0.159 e. The van der Waals surface area contributed by atoms with Crippen molar-refractivity contribution in [3.05, 3.63) is 28.8 Å². The topological polar surface area (TPSA) is 43.1 Å². The van der Waals surface area contributed by atoms with Crippen molar-refractivity contribution in [2.24, 2.45) is 0 Å². The highest BCUT2D eigenvalue weighted by molar-refractivity contribution is 5.78. The van der Waals surface area contributed by atoms with E-state index in [4.69, 9.17) is 5.73 Å². The largest absolute Gasteiger partial charge is 0.396 e. The molecule has 0 saturated heterocycles. The van der Waals surface area contributed by atoms with Crippen molar-refractivity contribution in [1.82, 2.24) is 0 Å². The van der Waals surface area contributed by atoms with Gasteiger partial charge in [-0.05, 0) is 18.6 Å². The maximum atomic E-state index is 12.9. The number of aldehydes is 1. The van der Waals surface area contributed by atoms with E-state index in [2.05, 4.69) is 0 Å². The number of rotatable bonds is 1. The van der Waals surface area contributed by atoms with Gasteiger partial charge in [0.25, 0.3) is 0 Å². The van der Waals surface area contributed by atoms with Gasteiger partial charge in [-0.15, -0.1) is 0 Å². The molecule has 4 heteroatoms. The number of aryl methyl sites for hydroxylation is 1. The summed E-state index contributed by atoms with van der Waals surface area (Å²) in [6.45, 7) is 1.41. The van der Waals surface area contributed by atoms with E-state index in [9.17, 15) is 13.6 Å². The maximum Gasteiger partial charge on any atom is 0.159 e. The lowest BCUT2D eigenvalue weighted by Gasteiger charge is -2.03. The molecular weight excluding hydrogens is 164 g/mol. The van der Waals surface area contributed by atoms with Crippen LogP contribution in [0.25, 0.3) is 0 Å². The fraction of sp³-hybridized carbons (Fsp3) is 0.125.